The smallest absolute Gasteiger partial charge is 0.273 e. The van der Waals surface area contributed by atoms with Gasteiger partial charge in [-0.25, -0.2) is 0 Å². The number of likely N-dealkylation sites (tertiary alicyclic amines) is 1. The van der Waals surface area contributed by atoms with Crippen molar-refractivity contribution in [3.05, 3.63) is 38.9 Å². The molecule has 6 heteroatoms. The molecule has 0 radical (unpaired) electrons. The highest BCUT2D eigenvalue weighted by atomic mass is 35.5. The van der Waals surface area contributed by atoms with Crippen LogP contribution in [0.4, 0.5) is 5.69 Å². The van der Waals surface area contributed by atoms with Crippen molar-refractivity contribution in [3.63, 3.8) is 0 Å². The number of rotatable bonds is 5. The van der Waals surface area contributed by atoms with E-state index in [1.165, 1.54) is 12.5 Å². The van der Waals surface area contributed by atoms with E-state index in [0.717, 1.165) is 19.6 Å². The summed E-state index contributed by atoms with van der Waals surface area (Å²) in [4.78, 5) is 12.9. The van der Waals surface area contributed by atoms with Crippen molar-refractivity contribution < 1.29 is 4.92 Å². The van der Waals surface area contributed by atoms with Crippen LogP contribution in [0.5, 0.6) is 0 Å². The lowest BCUT2D eigenvalue weighted by Gasteiger charge is -2.12. The summed E-state index contributed by atoms with van der Waals surface area (Å²) in [7, 11) is 2.11. The van der Waals surface area contributed by atoms with Crippen molar-refractivity contribution in [2.75, 3.05) is 26.7 Å². The Kier molecular flexibility index (Phi) is 4.74. The Bertz CT molecular complexity index is 467. The number of nitrogens with one attached hydrogen (secondary N) is 1. The zero-order valence-electron chi connectivity index (χ0n) is 10.9. The van der Waals surface area contributed by atoms with Crippen LogP contribution in [0.15, 0.2) is 18.2 Å². The van der Waals surface area contributed by atoms with Gasteiger partial charge in [-0.3, -0.25) is 10.1 Å². The van der Waals surface area contributed by atoms with E-state index >= 15 is 0 Å². The fourth-order valence-corrected chi connectivity index (χ4v) is 2.67. The number of nitrogens with zero attached hydrogens (tertiary/aromatic N) is 2. The molecule has 5 nitrogen and oxygen atoms in total. The highest BCUT2D eigenvalue weighted by molar-refractivity contribution is 6.30. The van der Waals surface area contributed by atoms with E-state index in [2.05, 4.69) is 17.3 Å². The van der Waals surface area contributed by atoms with Crippen LogP contribution in [0, 0.1) is 16.0 Å². The number of halogens is 1. The van der Waals surface area contributed by atoms with Crippen molar-refractivity contribution in [3.8, 4) is 0 Å². The number of nitro groups is 1. The van der Waals surface area contributed by atoms with Gasteiger partial charge in [0, 0.05) is 29.7 Å². The maximum absolute atomic E-state index is 10.9. The summed E-state index contributed by atoms with van der Waals surface area (Å²) in [5.41, 5.74) is 0.768. The largest absolute Gasteiger partial charge is 0.312 e. The van der Waals surface area contributed by atoms with E-state index in [-0.39, 0.29) is 10.6 Å². The molecule has 1 fully saturated rings. The van der Waals surface area contributed by atoms with Crippen molar-refractivity contribution in [2.24, 2.45) is 5.92 Å². The van der Waals surface area contributed by atoms with Gasteiger partial charge in [0.2, 0.25) is 0 Å². The monoisotopic (exact) mass is 283 g/mol. The van der Waals surface area contributed by atoms with Crippen molar-refractivity contribution >= 4 is 17.3 Å². The first-order valence-electron chi connectivity index (χ1n) is 6.38. The lowest BCUT2D eigenvalue weighted by Crippen LogP contribution is -2.25. The fraction of sp³-hybridized carbons (Fsp3) is 0.538. The van der Waals surface area contributed by atoms with Crippen LogP contribution < -0.4 is 5.32 Å². The Morgan fingerprint density at radius 3 is 3.00 bits per heavy atom. The third-order valence-electron chi connectivity index (χ3n) is 3.48. The molecule has 2 rings (SSSR count). The first kappa shape index (κ1) is 14.2. The van der Waals surface area contributed by atoms with Gasteiger partial charge < -0.3 is 10.2 Å². The summed E-state index contributed by atoms with van der Waals surface area (Å²) in [6.45, 7) is 3.58. The topological polar surface area (TPSA) is 58.4 Å². The molecule has 0 amide bonds. The number of nitro benzene ring substituents is 1. The molecule has 1 aromatic rings. The first-order valence-corrected chi connectivity index (χ1v) is 6.76. The van der Waals surface area contributed by atoms with Crippen LogP contribution in [0.1, 0.15) is 12.0 Å². The van der Waals surface area contributed by atoms with Crippen LogP contribution in [0.25, 0.3) is 0 Å². The summed E-state index contributed by atoms with van der Waals surface area (Å²) < 4.78 is 0. The molecule has 0 saturated carbocycles. The predicted molar refractivity (Wildman–Crippen MR) is 75.4 cm³/mol. The van der Waals surface area contributed by atoms with Crippen molar-refractivity contribution in [1.29, 1.82) is 0 Å². The van der Waals surface area contributed by atoms with Crippen LogP contribution in [-0.4, -0.2) is 36.5 Å². The molecule has 1 aromatic carbocycles. The number of hydrogen-bond donors (Lipinski definition) is 1. The van der Waals surface area contributed by atoms with Gasteiger partial charge in [0.15, 0.2) is 0 Å². The first-order chi connectivity index (χ1) is 9.06. The second kappa shape index (κ2) is 6.32. The van der Waals surface area contributed by atoms with Gasteiger partial charge in [-0.1, -0.05) is 11.6 Å². The minimum Gasteiger partial charge on any atom is -0.312 e. The predicted octanol–water partition coefficient (Wildman–Crippen LogP) is 2.29. The average Bonchev–Trinajstić information content (AvgIpc) is 2.75. The van der Waals surface area contributed by atoms with Gasteiger partial charge in [0.25, 0.3) is 5.69 Å². The highest BCUT2D eigenvalue weighted by Crippen LogP contribution is 2.22. The maximum Gasteiger partial charge on any atom is 0.273 e. The summed E-state index contributed by atoms with van der Waals surface area (Å²) in [5.74, 6) is 0.628. The minimum absolute atomic E-state index is 0.125. The third kappa shape index (κ3) is 3.89. The Morgan fingerprint density at radius 2 is 2.37 bits per heavy atom. The number of hydrogen-bond acceptors (Lipinski definition) is 4. The fourth-order valence-electron chi connectivity index (χ4n) is 2.48. The Hall–Kier alpha value is -1.17. The quantitative estimate of drug-likeness (QED) is 0.665. The van der Waals surface area contributed by atoms with E-state index in [1.54, 1.807) is 12.1 Å². The maximum atomic E-state index is 10.9. The molecule has 0 bridgehead atoms. The molecule has 0 aromatic heterocycles. The third-order valence-corrected chi connectivity index (χ3v) is 3.71. The summed E-state index contributed by atoms with van der Waals surface area (Å²) in [6, 6.07) is 4.67. The van der Waals surface area contributed by atoms with Gasteiger partial charge in [0.1, 0.15) is 0 Å². The zero-order valence-corrected chi connectivity index (χ0v) is 11.7. The summed E-state index contributed by atoms with van der Waals surface area (Å²) >= 11 is 5.89. The molecule has 1 N–H and O–H groups in total. The normalized spacial score (nSPS) is 19.8. The Labute approximate surface area is 117 Å². The molecule has 1 heterocycles. The highest BCUT2D eigenvalue weighted by Gasteiger charge is 2.19. The van der Waals surface area contributed by atoms with E-state index < -0.39 is 0 Å². The molecular weight excluding hydrogens is 266 g/mol. The average molecular weight is 284 g/mol. The van der Waals surface area contributed by atoms with Gasteiger partial charge in [-0.05, 0) is 44.6 Å². The molecule has 19 heavy (non-hydrogen) atoms. The van der Waals surface area contributed by atoms with Crippen LogP contribution in [-0.2, 0) is 6.54 Å². The zero-order chi connectivity index (χ0) is 13.8. The van der Waals surface area contributed by atoms with E-state index in [1.807, 2.05) is 0 Å². The number of benzene rings is 1. The van der Waals surface area contributed by atoms with E-state index in [4.69, 9.17) is 11.6 Å². The van der Waals surface area contributed by atoms with Crippen LogP contribution >= 0.6 is 11.6 Å². The van der Waals surface area contributed by atoms with E-state index in [9.17, 15) is 10.1 Å². The minimum atomic E-state index is -0.364. The SMILES string of the molecule is CN1CCC(CNCc2cc(Cl)ccc2[N+](=O)[O-])C1. The lowest BCUT2D eigenvalue weighted by molar-refractivity contribution is -0.385. The molecule has 1 aliphatic rings. The molecule has 0 aliphatic carbocycles. The van der Waals surface area contributed by atoms with Crippen LogP contribution in [0.3, 0.4) is 0 Å². The van der Waals surface area contributed by atoms with Crippen molar-refractivity contribution in [2.45, 2.75) is 13.0 Å². The molecular formula is C13H18ClN3O2. The van der Waals surface area contributed by atoms with Gasteiger partial charge in [0.05, 0.1) is 4.92 Å². The molecule has 1 unspecified atom stereocenters. The molecule has 104 valence electrons. The van der Waals surface area contributed by atoms with Gasteiger partial charge in [-0.2, -0.15) is 0 Å². The molecule has 1 atom stereocenters. The molecule has 1 saturated heterocycles. The standard InChI is InChI=1S/C13H18ClN3O2/c1-16-5-4-10(9-16)7-15-8-11-6-12(14)2-3-13(11)17(18)19/h2-3,6,10,15H,4-5,7-9H2,1H3. The van der Waals surface area contributed by atoms with E-state index in [0.29, 0.717) is 23.0 Å². The summed E-state index contributed by atoms with van der Waals surface area (Å²) in [6.07, 6.45) is 1.18. The molecule has 1 aliphatic heterocycles. The Balaban J connectivity index is 1.91. The van der Waals surface area contributed by atoms with Gasteiger partial charge in [-0.15, -0.1) is 0 Å². The molecule has 0 spiro atoms. The van der Waals surface area contributed by atoms with Crippen molar-refractivity contribution in [1.82, 2.24) is 10.2 Å². The summed E-state index contributed by atoms with van der Waals surface area (Å²) in [5, 5.41) is 14.8. The second-order valence-electron chi connectivity index (χ2n) is 5.08. The lowest BCUT2D eigenvalue weighted by atomic mass is 10.1. The second-order valence-corrected chi connectivity index (χ2v) is 5.51. The Morgan fingerprint density at radius 1 is 1.58 bits per heavy atom. The van der Waals surface area contributed by atoms with Gasteiger partial charge >= 0.3 is 0 Å². The van der Waals surface area contributed by atoms with Crippen LogP contribution in [0.2, 0.25) is 5.02 Å².